The minimum Gasteiger partial charge on any atom is -0.497 e. The van der Waals surface area contributed by atoms with Crippen molar-refractivity contribution in [3.8, 4) is 5.75 Å². The molecule has 1 aromatic carbocycles. The molecule has 0 spiro atoms. The number of methoxy groups -OCH3 is 1. The molecule has 0 aliphatic rings. The normalized spacial score (nSPS) is 10.3. The van der Waals surface area contributed by atoms with E-state index in [1.54, 1.807) is 30.3 Å². The van der Waals surface area contributed by atoms with Crippen molar-refractivity contribution in [3.05, 3.63) is 42.0 Å². The highest BCUT2D eigenvalue weighted by molar-refractivity contribution is 6.03. The van der Waals surface area contributed by atoms with Gasteiger partial charge in [-0.15, -0.1) is 0 Å². The summed E-state index contributed by atoms with van der Waals surface area (Å²) in [4.78, 5) is 16.2. The smallest absolute Gasteiger partial charge is 0.275 e. The maximum atomic E-state index is 12.1. The number of aromatic nitrogens is 2. The maximum absolute atomic E-state index is 12.1. The van der Waals surface area contributed by atoms with Gasteiger partial charge in [-0.05, 0) is 30.7 Å². The summed E-state index contributed by atoms with van der Waals surface area (Å²) in [7, 11) is 1.61. The maximum Gasteiger partial charge on any atom is 0.275 e. The lowest BCUT2D eigenvalue weighted by Crippen LogP contribution is -2.13. The molecule has 0 unspecified atom stereocenters. The van der Waals surface area contributed by atoms with E-state index >= 15 is 0 Å². The highest BCUT2D eigenvalue weighted by atomic mass is 16.5. The van der Waals surface area contributed by atoms with Gasteiger partial charge in [-0.1, -0.05) is 0 Å². The van der Waals surface area contributed by atoms with Crippen LogP contribution in [0.1, 0.15) is 16.1 Å². The molecule has 106 valence electrons. The Bertz CT molecular complexity index is 607. The molecule has 6 heteroatoms. The van der Waals surface area contributed by atoms with Gasteiger partial charge in [0, 0.05) is 25.0 Å². The average molecular weight is 274 g/mol. The minimum absolute atomic E-state index is 0.242. The first-order valence-electron chi connectivity index (χ1n) is 6.32. The second kappa shape index (κ2) is 6.21. The Hall–Kier alpha value is -2.34. The first-order chi connectivity index (χ1) is 9.63. The summed E-state index contributed by atoms with van der Waals surface area (Å²) in [5, 5.41) is 2.83. The van der Waals surface area contributed by atoms with Gasteiger partial charge < -0.3 is 20.4 Å². The number of benzene rings is 1. The lowest BCUT2D eigenvalue weighted by Gasteiger charge is -2.08. The van der Waals surface area contributed by atoms with Crippen molar-refractivity contribution in [1.82, 2.24) is 9.55 Å². The van der Waals surface area contributed by atoms with E-state index in [9.17, 15) is 4.79 Å². The summed E-state index contributed by atoms with van der Waals surface area (Å²) in [6, 6.07) is 5.47. The third kappa shape index (κ3) is 3.16. The summed E-state index contributed by atoms with van der Waals surface area (Å²) < 4.78 is 6.92. The van der Waals surface area contributed by atoms with Gasteiger partial charge in [-0.25, -0.2) is 4.98 Å². The highest BCUT2D eigenvalue weighted by Gasteiger charge is 2.11. The molecule has 0 radical (unpaired) electrons. The zero-order valence-corrected chi connectivity index (χ0v) is 11.6. The van der Waals surface area contributed by atoms with E-state index in [0.717, 1.165) is 17.0 Å². The molecule has 2 rings (SSSR count). The average Bonchev–Trinajstić information content (AvgIpc) is 2.90. The number of ether oxygens (including phenoxy) is 1. The summed E-state index contributed by atoms with van der Waals surface area (Å²) in [6.07, 6.45) is 3.28. The van der Waals surface area contributed by atoms with E-state index in [1.165, 1.54) is 0 Å². The van der Waals surface area contributed by atoms with Crippen LogP contribution < -0.4 is 15.8 Å². The lowest BCUT2D eigenvalue weighted by molar-refractivity contribution is 0.102. The van der Waals surface area contributed by atoms with Gasteiger partial charge in [0.25, 0.3) is 5.91 Å². The van der Waals surface area contributed by atoms with E-state index in [2.05, 4.69) is 10.3 Å². The number of hydrogen-bond acceptors (Lipinski definition) is 4. The predicted molar refractivity (Wildman–Crippen MR) is 77.0 cm³/mol. The van der Waals surface area contributed by atoms with Crippen LogP contribution in [0.25, 0.3) is 0 Å². The molecule has 1 amide bonds. The molecule has 0 aliphatic carbocycles. The molecule has 0 atom stereocenters. The Labute approximate surface area is 117 Å². The summed E-state index contributed by atoms with van der Waals surface area (Å²) >= 11 is 0. The van der Waals surface area contributed by atoms with Crippen molar-refractivity contribution in [2.24, 2.45) is 5.73 Å². The zero-order chi connectivity index (χ0) is 14.5. The molecule has 0 aliphatic heterocycles. The minimum atomic E-state index is -0.242. The summed E-state index contributed by atoms with van der Waals surface area (Å²) in [5.41, 5.74) is 7.49. The molecule has 1 heterocycles. The van der Waals surface area contributed by atoms with Gasteiger partial charge in [-0.3, -0.25) is 4.79 Å². The van der Waals surface area contributed by atoms with E-state index in [-0.39, 0.29) is 5.91 Å². The van der Waals surface area contributed by atoms with Crippen molar-refractivity contribution >= 4 is 11.6 Å². The molecule has 0 fully saturated rings. The molecule has 2 aromatic rings. The third-order valence-corrected chi connectivity index (χ3v) is 2.93. The van der Waals surface area contributed by atoms with E-state index < -0.39 is 0 Å². The van der Waals surface area contributed by atoms with Crippen molar-refractivity contribution in [2.45, 2.75) is 13.5 Å². The SMILES string of the molecule is COc1ccc(NC(=O)c2cn(CCN)cn2)c(C)c1. The second-order valence-corrected chi connectivity index (χ2v) is 4.42. The third-order valence-electron chi connectivity index (χ3n) is 2.93. The zero-order valence-electron chi connectivity index (χ0n) is 11.6. The van der Waals surface area contributed by atoms with Crippen molar-refractivity contribution in [3.63, 3.8) is 0 Å². The Morgan fingerprint density at radius 1 is 1.50 bits per heavy atom. The van der Waals surface area contributed by atoms with E-state index in [1.807, 2.05) is 19.1 Å². The first kappa shape index (κ1) is 14.1. The quantitative estimate of drug-likeness (QED) is 0.863. The number of imidazole rings is 1. The molecule has 20 heavy (non-hydrogen) atoms. The summed E-state index contributed by atoms with van der Waals surface area (Å²) in [6.45, 7) is 3.06. The van der Waals surface area contributed by atoms with Crippen LogP contribution >= 0.6 is 0 Å². The van der Waals surface area contributed by atoms with Crippen LogP contribution in [0, 0.1) is 6.92 Å². The molecule has 0 saturated carbocycles. The number of nitrogens with one attached hydrogen (secondary N) is 1. The number of anilines is 1. The molecule has 0 bridgehead atoms. The number of aryl methyl sites for hydroxylation is 1. The van der Waals surface area contributed by atoms with Gasteiger partial charge in [-0.2, -0.15) is 0 Å². The van der Waals surface area contributed by atoms with Gasteiger partial charge >= 0.3 is 0 Å². The first-order valence-corrected chi connectivity index (χ1v) is 6.32. The van der Waals surface area contributed by atoms with Crippen LogP contribution in [-0.2, 0) is 6.54 Å². The molecule has 0 saturated heterocycles. The monoisotopic (exact) mass is 274 g/mol. The Kier molecular flexibility index (Phi) is 4.37. The van der Waals surface area contributed by atoms with E-state index in [0.29, 0.717) is 18.8 Å². The predicted octanol–water partition coefficient (Wildman–Crippen LogP) is 1.41. The van der Waals surface area contributed by atoms with Gasteiger partial charge in [0.15, 0.2) is 0 Å². The number of nitrogens with zero attached hydrogens (tertiary/aromatic N) is 2. The van der Waals surface area contributed by atoms with E-state index in [4.69, 9.17) is 10.5 Å². The number of hydrogen-bond donors (Lipinski definition) is 2. The van der Waals surface area contributed by atoms with Crippen LogP contribution in [0.4, 0.5) is 5.69 Å². The Morgan fingerprint density at radius 3 is 2.95 bits per heavy atom. The van der Waals surface area contributed by atoms with Gasteiger partial charge in [0.2, 0.25) is 0 Å². The fourth-order valence-electron chi connectivity index (χ4n) is 1.84. The fraction of sp³-hybridized carbons (Fsp3) is 0.286. The van der Waals surface area contributed by atoms with Crippen LogP contribution in [0.2, 0.25) is 0 Å². The highest BCUT2D eigenvalue weighted by Crippen LogP contribution is 2.21. The van der Waals surface area contributed by atoms with Gasteiger partial charge in [0.05, 0.1) is 13.4 Å². The largest absolute Gasteiger partial charge is 0.497 e. The number of amides is 1. The molecule has 6 nitrogen and oxygen atoms in total. The summed E-state index contributed by atoms with van der Waals surface area (Å²) in [5.74, 6) is 0.516. The van der Waals surface area contributed by atoms with Crippen LogP contribution in [0.3, 0.4) is 0 Å². The molecular weight excluding hydrogens is 256 g/mol. The van der Waals surface area contributed by atoms with Crippen LogP contribution in [0.15, 0.2) is 30.7 Å². The Morgan fingerprint density at radius 2 is 2.30 bits per heavy atom. The lowest BCUT2D eigenvalue weighted by atomic mass is 10.2. The molecular formula is C14H18N4O2. The van der Waals surface area contributed by atoms with Gasteiger partial charge in [0.1, 0.15) is 11.4 Å². The number of carbonyl (C=O) groups excluding carboxylic acids is 1. The van der Waals surface area contributed by atoms with Crippen LogP contribution in [0.5, 0.6) is 5.75 Å². The number of rotatable bonds is 5. The Balaban J connectivity index is 2.10. The number of carbonyl (C=O) groups is 1. The molecule has 1 aromatic heterocycles. The second-order valence-electron chi connectivity index (χ2n) is 4.42. The standard InChI is InChI=1S/C14H18N4O2/c1-10-7-11(20-2)3-4-12(10)17-14(19)13-8-18(6-5-15)9-16-13/h3-4,7-9H,5-6,15H2,1-2H3,(H,17,19). The molecule has 3 N–H and O–H groups in total. The van der Waals surface area contributed by atoms with Crippen LogP contribution in [-0.4, -0.2) is 29.1 Å². The van der Waals surface area contributed by atoms with Crippen molar-refractivity contribution in [2.75, 3.05) is 19.0 Å². The number of nitrogens with two attached hydrogens (primary N) is 1. The topological polar surface area (TPSA) is 82.2 Å². The van der Waals surface area contributed by atoms with Crippen molar-refractivity contribution in [1.29, 1.82) is 0 Å². The van der Waals surface area contributed by atoms with Crippen molar-refractivity contribution < 1.29 is 9.53 Å². The fourth-order valence-corrected chi connectivity index (χ4v) is 1.84.